The first kappa shape index (κ1) is 34.4. The molecule has 2 bridgehead atoms. The number of rotatable bonds is 6. The highest BCUT2D eigenvalue weighted by molar-refractivity contribution is 8.00. The fourth-order valence-electron chi connectivity index (χ4n) is 7.48. The maximum atomic E-state index is 14.4. The van der Waals surface area contributed by atoms with E-state index in [2.05, 4.69) is 34.8 Å². The topological polar surface area (TPSA) is 151 Å². The highest BCUT2D eigenvalue weighted by Crippen LogP contribution is 2.42. The molecule has 6 rings (SSSR count). The van der Waals surface area contributed by atoms with E-state index in [1.165, 1.54) is 28.7 Å². The molecular weight excluding hydrogens is 632 g/mol. The minimum atomic E-state index is -1.54. The zero-order valence-electron chi connectivity index (χ0n) is 26.8. The van der Waals surface area contributed by atoms with Crippen LogP contribution in [-0.2, 0) is 14.3 Å². The van der Waals surface area contributed by atoms with Gasteiger partial charge in [-0.1, -0.05) is 38.1 Å². The number of hydrogen-bond donors (Lipinski definition) is 5. The Kier molecular flexibility index (Phi) is 10.7. The van der Waals surface area contributed by atoms with Gasteiger partial charge < -0.3 is 35.4 Å². The van der Waals surface area contributed by atoms with Crippen molar-refractivity contribution in [2.75, 3.05) is 13.2 Å². The SMILES string of the molecule is CC(C)C[C@@H]1CCO[C@@H]2[C@H](CN[C@@H]2C(=O)N[C@H]2[C@H]3O[C@H](S[C@H](c4cn(-c5ccc(F)cc5F)nn4)CC=C[C@H]2C)[C@H](O)[C@@H](O)[C@H]3O)C1. The summed E-state index contributed by atoms with van der Waals surface area (Å²) in [6, 6.07) is 1.87. The molecule has 1 aromatic heterocycles. The average molecular weight is 678 g/mol. The van der Waals surface area contributed by atoms with Gasteiger partial charge in [0.2, 0.25) is 5.91 Å². The number of fused-ring (bicyclic) bond motifs is 3. The van der Waals surface area contributed by atoms with Crippen molar-refractivity contribution in [3.8, 4) is 5.69 Å². The van der Waals surface area contributed by atoms with E-state index in [1.54, 1.807) is 0 Å². The van der Waals surface area contributed by atoms with Gasteiger partial charge in [0, 0.05) is 19.2 Å². The van der Waals surface area contributed by atoms with Crippen LogP contribution in [0, 0.1) is 35.3 Å². The summed E-state index contributed by atoms with van der Waals surface area (Å²) in [5, 5.41) is 47.4. The van der Waals surface area contributed by atoms with Gasteiger partial charge in [-0.05, 0) is 61.5 Å². The molecule has 1 amide bonds. The minimum Gasteiger partial charge on any atom is -0.388 e. The average Bonchev–Trinajstić information content (AvgIpc) is 3.62. The van der Waals surface area contributed by atoms with E-state index in [-0.39, 0.29) is 29.5 Å². The molecule has 1 aromatic carbocycles. The number of carbonyl (C=O) groups is 1. The van der Waals surface area contributed by atoms with E-state index >= 15 is 0 Å². The number of nitrogens with zero attached hydrogens (tertiary/aromatic N) is 3. The molecule has 11 nitrogen and oxygen atoms in total. The fourth-order valence-corrected chi connectivity index (χ4v) is 8.78. The van der Waals surface area contributed by atoms with Crippen LogP contribution < -0.4 is 10.6 Å². The first-order chi connectivity index (χ1) is 22.5. The zero-order chi connectivity index (χ0) is 33.4. The second kappa shape index (κ2) is 14.6. The van der Waals surface area contributed by atoms with E-state index < -0.39 is 58.8 Å². The van der Waals surface area contributed by atoms with E-state index in [1.807, 2.05) is 19.1 Å². The third-order valence-corrected chi connectivity index (χ3v) is 11.3. The number of ether oxygens (including phenoxy) is 2. The first-order valence-corrected chi connectivity index (χ1v) is 17.5. The zero-order valence-corrected chi connectivity index (χ0v) is 27.6. The molecule has 47 heavy (non-hydrogen) atoms. The summed E-state index contributed by atoms with van der Waals surface area (Å²) in [5.74, 6) is -0.719. The molecule has 0 aliphatic carbocycles. The van der Waals surface area contributed by atoms with Crippen LogP contribution in [0.4, 0.5) is 8.78 Å². The van der Waals surface area contributed by atoms with Gasteiger partial charge in [0.1, 0.15) is 47.4 Å². The molecule has 0 radical (unpaired) electrons. The largest absolute Gasteiger partial charge is 0.388 e. The van der Waals surface area contributed by atoms with Crippen molar-refractivity contribution in [1.82, 2.24) is 25.6 Å². The smallest absolute Gasteiger partial charge is 0.240 e. The standard InChI is InChI=1S/C33H45F2N5O6S/c1-16(2)11-18-9-10-45-30-19(12-18)14-36-26(30)32(44)37-25-17(3)5-4-6-24(47-33-29(43)27(41)28(42)31(25)46-33)22-15-40(39-38-22)23-8-7-20(34)13-21(23)35/h4-5,7-8,13,15-19,24-31,33,36,41-43H,6,9-12,14H2,1-3H3,(H,37,44)/t17-,18+,19+,24+,25-,26+,27+,28-,29-,30-,31-,33-/m1/s1. The summed E-state index contributed by atoms with van der Waals surface area (Å²) in [4.78, 5) is 13.9. The van der Waals surface area contributed by atoms with Crippen molar-refractivity contribution in [2.45, 2.75) is 99.7 Å². The summed E-state index contributed by atoms with van der Waals surface area (Å²) in [5.41, 5.74) is -0.514. The van der Waals surface area contributed by atoms with Gasteiger partial charge in [-0.2, -0.15) is 0 Å². The number of benzene rings is 1. The van der Waals surface area contributed by atoms with Crippen LogP contribution in [0.2, 0.25) is 0 Å². The van der Waals surface area contributed by atoms with Gasteiger partial charge in [0.25, 0.3) is 0 Å². The van der Waals surface area contributed by atoms with Crippen molar-refractivity contribution >= 4 is 17.7 Å². The number of aliphatic hydroxyl groups is 3. The van der Waals surface area contributed by atoms with Crippen LogP contribution in [0.15, 0.2) is 36.5 Å². The Morgan fingerprint density at radius 3 is 2.77 bits per heavy atom. The molecule has 0 spiro atoms. The van der Waals surface area contributed by atoms with E-state index in [0.717, 1.165) is 31.4 Å². The van der Waals surface area contributed by atoms with E-state index in [0.29, 0.717) is 37.1 Å². The molecule has 12 atom stereocenters. The van der Waals surface area contributed by atoms with Crippen molar-refractivity contribution in [2.24, 2.45) is 23.7 Å². The molecule has 4 aliphatic rings. The number of amides is 1. The molecule has 5 N–H and O–H groups in total. The molecule has 4 aliphatic heterocycles. The van der Waals surface area contributed by atoms with Crippen LogP contribution in [0.5, 0.6) is 0 Å². The van der Waals surface area contributed by atoms with Crippen molar-refractivity contribution in [1.29, 1.82) is 0 Å². The molecule has 2 aromatic rings. The number of allylic oxidation sites excluding steroid dienone is 1. The lowest BCUT2D eigenvalue weighted by atomic mass is 9.85. The van der Waals surface area contributed by atoms with E-state index in [9.17, 15) is 28.9 Å². The van der Waals surface area contributed by atoms with Gasteiger partial charge in [0.15, 0.2) is 5.82 Å². The Bertz CT molecular complexity index is 1430. The number of halogens is 2. The minimum absolute atomic E-state index is 0.0259. The third-order valence-electron chi connectivity index (χ3n) is 9.87. The molecule has 0 saturated carbocycles. The van der Waals surface area contributed by atoms with Crippen LogP contribution in [0.1, 0.15) is 57.4 Å². The number of hydrogen-bond acceptors (Lipinski definition) is 10. The highest BCUT2D eigenvalue weighted by Gasteiger charge is 2.50. The molecule has 5 heterocycles. The monoisotopic (exact) mass is 677 g/mol. The maximum Gasteiger partial charge on any atom is 0.240 e. The van der Waals surface area contributed by atoms with E-state index in [4.69, 9.17) is 9.47 Å². The Morgan fingerprint density at radius 1 is 1.19 bits per heavy atom. The lowest BCUT2D eigenvalue weighted by Crippen LogP contribution is -2.65. The fraction of sp³-hybridized carbons (Fsp3) is 0.667. The Balaban J connectivity index is 1.20. The van der Waals surface area contributed by atoms with Gasteiger partial charge in [0.05, 0.1) is 29.3 Å². The first-order valence-electron chi connectivity index (χ1n) is 16.5. The maximum absolute atomic E-state index is 14.4. The van der Waals surface area contributed by atoms with Crippen LogP contribution in [0.3, 0.4) is 0 Å². The van der Waals surface area contributed by atoms with Crippen molar-refractivity contribution in [3.05, 3.63) is 53.9 Å². The quantitative estimate of drug-likeness (QED) is 0.289. The molecule has 3 fully saturated rings. The number of carbonyl (C=O) groups excluding carboxylic acids is 1. The second-order valence-electron chi connectivity index (χ2n) is 13.8. The van der Waals surface area contributed by atoms with Gasteiger partial charge in [-0.3, -0.25) is 4.79 Å². The summed E-state index contributed by atoms with van der Waals surface area (Å²) in [6.07, 6.45) is 3.15. The summed E-state index contributed by atoms with van der Waals surface area (Å²) in [7, 11) is 0. The van der Waals surface area contributed by atoms with Gasteiger partial charge in [-0.25, -0.2) is 13.5 Å². The molecule has 14 heteroatoms. The van der Waals surface area contributed by atoms with Crippen molar-refractivity contribution in [3.63, 3.8) is 0 Å². The van der Waals surface area contributed by atoms with Crippen LogP contribution in [0.25, 0.3) is 5.69 Å². The Labute approximate surface area is 277 Å². The second-order valence-corrected chi connectivity index (χ2v) is 15.1. The Hall–Kier alpha value is -2.46. The summed E-state index contributed by atoms with van der Waals surface area (Å²) < 4.78 is 41.7. The highest BCUT2D eigenvalue weighted by atomic mass is 32.2. The normalized spacial score (nSPS) is 37.7. The number of nitrogens with one attached hydrogen (secondary N) is 2. The molecular formula is C33H45F2N5O6S. The van der Waals surface area contributed by atoms with Crippen molar-refractivity contribution < 1.29 is 38.4 Å². The Morgan fingerprint density at radius 2 is 2.00 bits per heavy atom. The van der Waals surface area contributed by atoms with Crippen LogP contribution in [-0.4, -0.2) is 97.4 Å². The third kappa shape index (κ3) is 7.43. The van der Waals surface area contributed by atoms with Gasteiger partial charge in [-0.15, -0.1) is 16.9 Å². The van der Waals surface area contributed by atoms with Crippen LogP contribution >= 0.6 is 11.8 Å². The lowest BCUT2D eigenvalue weighted by Gasteiger charge is -2.45. The predicted octanol–water partition coefficient (Wildman–Crippen LogP) is 2.64. The number of aliphatic hydroxyl groups excluding tert-OH is 3. The molecule has 0 unspecified atom stereocenters. The summed E-state index contributed by atoms with van der Waals surface area (Å²) in [6.45, 7) is 7.64. The molecule has 3 saturated heterocycles. The number of aromatic nitrogens is 3. The molecule has 258 valence electrons. The predicted molar refractivity (Wildman–Crippen MR) is 170 cm³/mol. The van der Waals surface area contributed by atoms with Gasteiger partial charge >= 0.3 is 0 Å². The summed E-state index contributed by atoms with van der Waals surface area (Å²) >= 11 is 1.19. The lowest BCUT2D eigenvalue weighted by molar-refractivity contribution is -0.207. The number of thioether (sulfide) groups is 1.